The van der Waals surface area contributed by atoms with Gasteiger partial charge in [-0.15, -0.1) is 0 Å². The Balaban J connectivity index is 0.00000144. The zero-order valence-electron chi connectivity index (χ0n) is 6.72. The smallest absolute Gasteiger partial charge is 0.332 e. The van der Waals surface area contributed by atoms with E-state index >= 15 is 0 Å². The van der Waals surface area contributed by atoms with Crippen molar-refractivity contribution in [3.05, 3.63) is 30.1 Å². The summed E-state index contributed by atoms with van der Waals surface area (Å²) >= 11 is 0. The molecular formula is C8H9ClNO3-. The van der Waals surface area contributed by atoms with Crippen molar-refractivity contribution in [1.82, 2.24) is 4.98 Å². The Morgan fingerprint density at radius 2 is 2.23 bits per heavy atom. The summed E-state index contributed by atoms with van der Waals surface area (Å²) in [5, 5.41) is 17.3. The minimum absolute atomic E-state index is 0. The summed E-state index contributed by atoms with van der Waals surface area (Å²) in [4.78, 5) is 14.1. The van der Waals surface area contributed by atoms with E-state index in [0.29, 0.717) is 5.69 Å². The zero-order valence-corrected chi connectivity index (χ0v) is 7.48. The van der Waals surface area contributed by atoms with Crippen LogP contribution in [0, 0.1) is 0 Å². The summed E-state index contributed by atoms with van der Waals surface area (Å²) < 4.78 is 0. The first-order valence-electron chi connectivity index (χ1n) is 3.51. The second-order valence-electron chi connectivity index (χ2n) is 2.38. The number of nitrogens with zero attached hydrogens (tertiary/aromatic N) is 1. The Morgan fingerprint density at radius 3 is 2.69 bits per heavy atom. The van der Waals surface area contributed by atoms with Crippen molar-refractivity contribution in [3.8, 4) is 0 Å². The molecule has 0 amide bonds. The SMILES string of the molecule is O=C(O)C(O)Cc1ccccn1.[Cl-]. The number of carbonyl (C=O) groups is 1. The summed E-state index contributed by atoms with van der Waals surface area (Å²) in [5.41, 5.74) is 0.576. The molecule has 1 heterocycles. The molecule has 5 heteroatoms. The van der Waals surface area contributed by atoms with Crippen LogP contribution in [0.2, 0.25) is 0 Å². The summed E-state index contributed by atoms with van der Waals surface area (Å²) in [6.45, 7) is 0. The van der Waals surface area contributed by atoms with Crippen LogP contribution < -0.4 is 12.4 Å². The molecule has 0 aliphatic carbocycles. The molecule has 2 N–H and O–H groups in total. The standard InChI is InChI=1S/C8H9NO3.ClH/c10-7(8(11)12)5-6-3-1-2-4-9-6;/h1-4,7,10H,5H2,(H,11,12);1H/p-1. The highest BCUT2D eigenvalue weighted by atomic mass is 35.5. The maximum Gasteiger partial charge on any atom is 0.332 e. The maximum absolute atomic E-state index is 10.2. The van der Waals surface area contributed by atoms with Crippen molar-refractivity contribution in [2.45, 2.75) is 12.5 Å². The number of hydrogen-bond donors (Lipinski definition) is 2. The molecule has 0 aromatic carbocycles. The normalized spacial score (nSPS) is 11.5. The van der Waals surface area contributed by atoms with Gasteiger partial charge in [0.05, 0.1) is 0 Å². The van der Waals surface area contributed by atoms with Gasteiger partial charge in [0.15, 0.2) is 6.10 Å². The first-order valence-corrected chi connectivity index (χ1v) is 3.51. The Hall–Kier alpha value is -1.13. The molecule has 1 aromatic rings. The van der Waals surface area contributed by atoms with Crippen LogP contribution in [0.15, 0.2) is 24.4 Å². The number of carboxylic acid groups (broad SMARTS) is 1. The third kappa shape index (κ3) is 3.87. The molecule has 4 nitrogen and oxygen atoms in total. The second kappa shape index (κ2) is 5.50. The number of pyridine rings is 1. The van der Waals surface area contributed by atoms with Gasteiger partial charge in [0.25, 0.3) is 0 Å². The molecule has 0 saturated heterocycles. The van der Waals surface area contributed by atoms with Crippen LogP contribution >= 0.6 is 0 Å². The molecule has 13 heavy (non-hydrogen) atoms. The summed E-state index contributed by atoms with van der Waals surface area (Å²) in [5.74, 6) is -1.22. The van der Waals surface area contributed by atoms with Gasteiger partial charge in [0, 0.05) is 18.3 Å². The van der Waals surface area contributed by atoms with Gasteiger partial charge < -0.3 is 22.6 Å². The third-order valence-corrected chi connectivity index (χ3v) is 1.41. The van der Waals surface area contributed by atoms with Gasteiger partial charge in [-0.25, -0.2) is 4.79 Å². The van der Waals surface area contributed by atoms with E-state index in [9.17, 15) is 4.79 Å². The highest BCUT2D eigenvalue weighted by Crippen LogP contribution is 1.98. The van der Waals surface area contributed by atoms with Crippen molar-refractivity contribution in [1.29, 1.82) is 0 Å². The molecule has 1 aromatic heterocycles. The molecule has 0 fully saturated rings. The lowest BCUT2D eigenvalue weighted by Crippen LogP contribution is -3.00. The summed E-state index contributed by atoms with van der Waals surface area (Å²) in [6, 6.07) is 5.15. The fraction of sp³-hybridized carbons (Fsp3) is 0.250. The minimum Gasteiger partial charge on any atom is -1.00 e. The first-order chi connectivity index (χ1) is 5.70. The molecule has 1 unspecified atom stereocenters. The fourth-order valence-corrected chi connectivity index (χ4v) is 0.804. The predicted octanol–water partition coefficient (Wildman–Crippen LogP) is -2.93. The van der Waals surface area contributed by atoms with E-state index in [0.717, 1.165) is 0 Å². The Morgan fingerprint density at radius 1 is 1.54 bits per heavy atom. The van der Waals surface area contributed by atoms with Gasteiger partial charge in [-0.05, 0) is 12.1 Å². The molecule has 72 valence electrons. The molecule has 0 spiro atoms. The molecule has 0 radical (unpaired) electrons. The highest BCUT2D eigenvalue weighted by molar-refractivity contribution is 5.72. The lowest BCUT2D eigenvalue weighted by molar-refractivity contribution is -0.146. The van der Waals surface area contributed by atoms with Crippen molar-refractivity contribution < 1.29 is 27.4 Å². The number of rotatable bonds is 3. The van der Waals surface area contributed by atoms with Crippen molar-refractivity contribution >= 4 is 5.97 Å². The largest absolute Gasteiger partial charge is 1.00 e. The molecule has 1 rings (SSSR count). The first kappa shape index (κ1) is 11.9. The number of carboxylic acids is 1. The summed E-state index contributed by atoms with van der Waals surface area (Å²) in [6.07, 6.45) is 0.250. The van der Waals surface area contributed by atoms with E-state index in [1.54, 1.807) is 24.4 Å². The topological polar surface area (TPSA) is 70.4 Å². The lowest BCUT2D eigenvalue weighted by atomic mass is 10.2. The molecule has 0 bridgehead atoms. The van der Waals surface area contributed by atoms with E-state index in [4.69, 9.17) is 10.2 Å². The molecule has 0 aliphatic heterocycles. The average molecular weight is 203 g/mol. The molecule has 0 aliphatic rings. The number of aliphatic carboxylic acids is 1. The maximum atomic E-state index is 10.2. The fourth-order valence-electron chi connectivity index (χ4n) is 0.804. The average Bonchev–Trinajstić information content (AvgIpc) is 2.06. The Labute approximate surface area is 81.6 Å². The minimum atomic E-state index is -1.36. The zero-order chi connectivity index (χ0) is 8.97. The number of aliphatic hydroxyl groups excluding tert-OH is 1. The Bertz CT molecular complexity index is 265. The number of aliphatic hydroxyl groups is 1. The quantitative estimate of drug-likeness (QED) is 0.551. The van der Waals surface area contributed by atoms with E-state index < -0.39 is 12.1 Å². The van der Waals surface area contributed by atoms with Crippen molar-refractivity contribution in [2.75, 3.05) is 0 Å². The lowest BCUT2D eigenvalue weighted by Gasteiger charge is -2.03. The predicted molar refractivity (Wildman–Crippen MR) is 41.6 cm³/mol. The number of halogens is 1. The van der Waals surface area contributed by atoms with Crippen LogP contribution in [-0.4, -0.2) is 27.3 Å². The van der Waals surface area contributed by atoms with Crippen LogP contribution in [0.3, 0.4) is 0 Å². The van der Waals surface area contributed by atoms with Gasteiger partial charge in [0.1, 0.15) is 0 Å². The van der Waals surface area contributed by atoms with E-state index in [2.05, 4.69) is 4.98 Å². The van der Waals surface area contributed by atoms with Crippen molar-refractivity contribution in [3.63, 3.8) is 0 Å². The third-order valence-electron chi connectivity index (χ3n) is 1.41. The number of hydrogen-bond acceptors (Lipinski definition) is 3. The van der Waals surface area contributed by atoms with Gasteiger partial charge >= 0.3 is 5.97 Å². The summed E-state index contributed by atoms with van der Waals surface area (Å²) in [7, 11) is 0. The van der Waals surface area contributed by atoms with Crippen LogP contribution in [0.5, 0.6) is 0 Å². The molecule has 0 saturated carbocycles. The van der Waals surface area contributed by atoms with E-state index in [1.807, 2.05) is 0 Å². The highest BCUT2D eigenvalue weighted by Gasteiger charge is 2.13. The molecule has 1 atom stereocenters. The number of aromatic nitrogens is 1. The van der Waals surface area contributed by atoms with Crippen LogP contribution in [0.1, 0.15) is 5.69 Å². The Kier molecular flexibility index (Phi) is 5.03. The van der Waals surface area contributed by atoms with Crippen LogP contribution in [-0.2, 0) is 11.2 Å². The monoisotopic (exact) mass is 202 g/mol. The second-order valence-corrected chi connectivity index (χ2v) is 2.38. The van der Waals surface area contributed by atoms with Gasteiger partial charge in [-0.1, -0.05) is 6.07 Å². The van der Waals surface area contributed by atoms with Crippen LogP contribution in [0.4, 0.5) is 0 Å². The molecular weight excluding hydrogens is 194 g/mol. The van der Waals surface area contributed by atoms with Crippen molar-refractivity contribution in [2.24, 2.45) is 0 Å². The van der Waals surface area contributed by atoms with Crippen LogP contribution in [0.25, 0.3) is 0 Å². The van der Waals surface area contributed by atoms with E-state index in [-0.39, 0.29) is 18.8 Å². The van der Waals surface area contributed by atoms with Gasteiger partial charge in [-0.3, -0.25) is 4.98 Å². The van der Waals surface area contributed by atoms with E-state index in [1.165, 1.54) is 0 Å². The van der Waals surface area contributed by atoms with Gasteiger partial charge in [-0.2, -0.15) is 0 Å². The van der Waals surface area contributed by atoms with Gasteiger partial charge in [0.2, 0.25) is 0 Å².